The van der Waals surface area contributed by atoms with Crippen LogP contribution in [-0.4, -0.2) is 36.5 Å². The Morgan fingerprint density at radius 2 is 2.00 bits per heavy atom. The molecule has 0 atom stereocenters. The molecule has 1 amide bonds. The average Bonchev–Trinajstić information content (AvgIpc) is 2.37. The van der Waals surface area contributed by atoms with E-state index in [9.17, 15) is 9.59 Å². The molecule has 0 aromatic heterocycles. The predicted molar refractivity (Wildman–Crippen MR) is 74.4 cm³/mol. The zero-order chi connectivity index (χ0) is 14.6. The fraction of sp³-hybridized carbons (Fsp3) is 0.429. The van der Waals surface area contributed by atoms with Gasteiger partial charge in [0.1, 0.15) is 6.54 Å². The van der Waals surface area contributed by atoms with Crippen LogP contribution in [-0.2, 0) is 9.53 Å². The molecule has 0 heterocycles. The van der Waals surface area contributed by atoms with Gasteiger partial charge in [0, 0.05) is 6.04 Å². The van der Waals surface area contributed by atoms with Gasteiger partial charge in [-0.25, -0.2) is 0 Å². The van der Waals surface area contributed by atoms with Crippen molar-refractivity contribution < 1.29 is 14.3 Å². The van der Waals surface area contributed by atoms with Crippen molar-refractivity contribution >= 4 is 23.5 Å². The minimum absolute atomic E-state index is 0.0860. The van der Waals surface area contributed by atoms with Crippen LogP contribution in [0.15, 0.2) is 18.2 Å². The van der Waals surface area contributed by atoms with Gasteiger partial charge in [0.15, 0.2) is 0 Å². The van der Waals surface area contributed by atoms with Crippen LogP contribution in [0, 0.1) is 6.92 Å². The summed E-state index contributed by atoms with van der Waals surface area (Å²) >= 11 is 6.14. The van der Waals surface area contributed by atoms with E-state index in [1.54, 1.807) is 12.1 Å². The van der Waals surface area contributed by atoms with Crippen molar-refractivity contribution in [3.63, 3.8) is 0 Å². The molecule has 0 saturated heterocycles. The van der Waals surface area contributed by atoms with E-state index in [4.69, 9.17) is 11.6 Å². The van der Waals surface area contributed by atoms with Gasteiger partial charge in [-0.3, -0.25) is 9.59 Å². The van der Waals surface area contributed by atoms with Crippen LogP contribution in [0.4, 0.5) is 0 Å². The number of carbonyl (C=O) groups excluding carboxylic acids is 2. The lowest BCUT2D eigenvalue weighted by molar-refractivity contribution is -0.141. The van der Waals surface area contributed by atoms with Crippen LogP contribution in [0.1, 0.15) is 29.8 Å². The summed E-state index contributed by atoms with van der Waals surface area (Å²) in [5.41, 5.74) is 1.23. The molecule has 0 radical (unpaired) electrons. The Bertz CT molecular complexity index is 486. The number of carbonyl (C=O) groups is 2. The van der Waals surface area contributed by atoms with Gasteiger partial charge in [-0.05, 0) is 32.4 Å². The monoisotopic (exact) mass is 283 g/mol. The molecular weight excluding hydrogens is 266 g/mol. The van der Waals surface area contributed by atoms with Gasteiger partial charge in [-0.15, -0.1) is 0 Å². The molecule has 0 bridgehead atoms. The van der Waals surface area contributed by atoms with Crippen LogP contribution in [0.3, 0.4) is 0 Å². The number of hydrogen-bond donors (Lipinski definition) is 0. The van der Waals surface area contributed by atoms with E-state index in [-0.39, 0.29) is 18.5 Å². The van der Waals surface area contributed by atoms with E-state index < -0.39 is 5.97 Å². The molecule has 0 unspecified atom stereocenters. The molecule has 5 heteroatoms. The lowest BCUT2D eigenvalue weighted by Crippen LogP contribution is -2.41. The fourth-order valence-corrected chi connectivity index (χ4v) is 1.87. The first-order chi connectivity index (χ1) is 8.88. The van der Waals surface area contributed by atoms with Crippen LogP contribution in [0.25, 0.3) is 0 Å². The topological polar surface area (TPSA) is 46.6 Å². The summed E-state index contributed by atoms with van der Waals surface area (Å²) in [7, 11) is 1.30. The first-order valence-electron chi connectivity index (χ1n) is 6.01. The Labute approximate surface area is 118 Å². The molecule has 104 valence electrons. The zero-order valence-corrected chi connectivity index (χ0v) is 12.3. The van der Waals surface area contributed by atoms with E-state index >= 15 is 0 Å². The molecule has 0 fully saturated rings. The van der Waals surface area contributed by atoms with E-state index in [0.29, 0.717) is 10.6 Å². The Morgan fingerprint density at radius 1 is 1.37 bits per heavy atom. The summed E-state index contributed by atoms with van der Waals surface area (Å²) in [6, 6.07) is 5.14. The second kappa shape index (κ2) is 6.57. The van der Waals surface area contributed by atoms with E-state index in [2.05, 4.69) is 4.74 Å². The second-order valence-electron chi connectivity index (χ2n) is 4.54. The third kappa shape index (κ3) is 3.70. The smallest absolute Gasteiger partial charge is 0.325 e. The van der Waals surface area contributed by atoms with Crippen LogP contribution in [0.5, 0.6) is 0 Å². The SMILES string of the molecule is COC(=O)CN(C(=O)c1cccc(C)c1Cl)C(C)C. The molecule has 1 aromatic carbocycles. The van der Waals surface area contributed by atoms with Crippen molar-refractivity contribution in [3.05, 3.63) is 34.3 Å². The number of benzene rings is 1. The summed E-state index contributed by atoms with van der Waals surface area (Å²) in [6.07, 6.45) is 0. The Hall–Kier alpha value is -1.55. The second-order valence-corrected chi connectivity index (χ2v) is 4.92. The lowest BCUT2D eigenvalue weighted by Gasteiger charge is -2.26. The minimum atomic E-state index is -0.453. The van der Waals surface area contributed by atoms with E-state index in [0.717, 1.165) is 5.56 Å². The molecule has 0 saturated carbocycles. The number of ether oxygens (including phenoxy) is 1. The van der Waals surface area contributed by atoms with Gasteiger partial charge in [0.2, 0.25) is 0 Å². The van der Waals surface area contributed by atoms with Gasteiger partial charge in [0.25, 0.3) is 5.91 Å². The Morgan fingerprint density at radius 3 is 2.53 bits per heavy atom. The highest BCUT2D eigenvalue weighted by Crippen LogP contribution is 2.22. The molecule has 0 N–H and O–H groups in total. The fourth-order valence-electron chi connectivity index (χ4n) is 1.66. The maximum absolute atomic E-state index is 12.4. The number of methoxy groups -OCH3 is 1. The largest absolute Gasteiger partial charge is 0.468 e. The predicted octanol–water partition coefficient (Wildman–Crippen LogP) is 2.67. The maximum atomic E-state index is 12.4. The van der Waals surface area contributed by atoms with Gasteiger partial charge >= 0.3 is 5.97 Å². The summed E-state index contributed by atoms with van der Waals surface area (Å²) in [4.78, 5) is 25.2. The molecule has 19 heavy (non-hydrogen) atoms. The molecule has 0 spiro atoms. The highest BCUT2D eigenvalue weighted by molar-refractivity contribution is 6.34. The molecule has 0 aliphatic carbocycles. The van der Waals surface area contributed by atoms with E-state index in [1.165, 1.54) is 12.0 Å². The first-order valence-corrected chi connectivity index (χ1v) is 6.39. The van der Waals surface area contributed by atoms with Crippen LogP contribution in [0.2, 0.25) is 5.02 Å². The molecule has 0 aliphatic rings. The highest BCUT2D eigenvalue weighted by atomic mass is 35.5. The quantitative estimate of drug-likeness (QED) is 0.798. The number of aryl methyl sites for hydroxylation is 1. The third-order valence-electron chi connectivity index (χ3n) is 2.83. The van der Waals surface area contributed by atoms with Crippen LogP contribution >= 0.6 is 11.6 Å². The maximum Gasteiger partial charge on any atom is 0.325 e. The minimum Gasteiger partial charge on any atom is -0.468 e. The number of nitrogens with zero attached hydrogens (tertiary/aromatic N) is 1. The van der Waals surface area contributed by atoms with Gasteiger partial charge < -0.3 is 9.64 Å². The Kier molecular flexibility index (Phi) is 5.36. The normalized spacial score (nSPS) is 10.4. The standard InChI is InChI=1S/C14H18ClNO3/c1-9(2)16(8-12(17)19-4)14(18)11-7-5-6-10(3)13(11)15/h5-7,9H,8H2,1-4H3. The molecule has 0 aliphatic heterocycles. The van der Waals surface area contributed by atoms with Gasteiger partial charge in [-0.2, -0.15) is 0 Å². The average molecular weight is 284 g/mol. The number of amides is 1. The molecule has 1 aromatic rings. The first kappa shape index (κ1) is 15.5. The summed E-state index contributed by atoms with van der Waals surface area (Å²) in [5.74, 6) is -0.722. The zero-order valence-electron chi connectivity index (χ0n) is 11.6. The van der Waals surface area contributed by atoms with Gasteiger partial charge in [-0.1, -0.05) is 23.7 Å². The van der Waals surface area contributed by atoms with Gasteiger partial charge in [0.05, 0.1) is 17.7 Å². The third-order valence-corrected chi connectivity index (χ3v) is 3.34. The van der Waals surface area contributed by atoms with Crippen molar-refractivity contribution in [2.45, 2.75) is 26.8 Å². The molecule has 4 nitrogen and oxygen atoms in total. The summed E-state index contributed by atoms with van der Waals surface area (Å²) in [6.45, 7) is 5.42. The Balaban J connectivity index is 3.06. The number of rotatable bonds is 4. The number of hydrogen-bond acceptors (Lipinski definition) is 3. The summed E-state index contributed by atoms with van der Waals surface area (Å²) < 4.78 is 4.61. The van der Waals surface area contributed by atoms with Crippen LogP contribution < -0.4 is 0 Å². The van der Waals surface area contributed by atoms with Crippen molar-refractivity contribution in [2.75, 3.05) is 13.7 Å². The molecule has 1 rings (SSSR count). The lowest BCUT2D eigenvalue weighted by atomic mass is 10.1. The van der Waals surface area contributed by atoms with Crippen molar-refractivity contribution in [2.24, 2.45) is 0 Å². The highest BCUT2D eigenvalue weighted by Gasteiger charge is 2.23. The van der Waals surface area contributed by atoms with Crippen molar-refractivity contribution in [3.8, 4) is 0 Å². The number of esters is 1. The van der Waals surface area contributed by atoms with Crippen molar-refractivity contribution in [1.82, 2.24) is 4.90 Å². The van der Waals surface area contributed by atoms with E-state index in [1.807, 2.05) is 26.8 Å². The van der Waals surface area contributed by atoms with Crippen molar-refractivity contribution in [1.29, 1.82) is 0 Å². The summed E-state index contributed by atoms with van der Waals surface area (Å²) in [5, 5.41) is 0.419. The molecular formula is C14H18ClNO3. The number of halogens is 1.